The molecule has 2 aromatic carbocycles. The number of rotatable bonds is 5. The summed E-state index contributed by atoms with van der Waals surface area (Å²) in [6, 6.07) is 10.2. The molecule has 0 bridgehead atoms. The quantitative estimate of drug-likeness (QED) is 0.478. The van der Waals surface area contributed by atoms with Crippen LogP contribution in [0.15, 0.2) is 42.5 Å². The van der Waals surface area contributed by atoms with Crippen LogP contribution < -0.4 is 11.1 Å². The molecule has 0 atom stereocenters. The van der Waals surface area contributed by atoms with Crippen LogP contribution in [0.3, 0.4) is 0 Å². The van der Waals surface area contributed by atoms with E-state index < -0.39 is 5.82 Å². The monoisotopic (exact) mass is 426 g/mol. The maximum atomic E-state index is 13.7. The summed E-state index contributed by atoms with van der Waals surface area (Å²) in [5, 5.41) is 8.25. The number of nitrogens with zero attached hydrogens (tertiary/aromatic N) is 4. The van der Waals surface area contributed by atoms with Crippen LogP contribution in [-0.2, 0) is 0 Å². The van der Waals surface area contributed by atoms with Crippen molar-refractivity contribution in [2.24, 2.45) is 5.92 Å². The summed E-state index contributed by atoms with van der Waals surface area (Å²) in [7, 11) is 0. The third kappa shape index (κ3) is 3.43. The van der Waals surface area contributed by atoms with E-state index in [1.807, 2.05) is 0 Å². The number of nitrogens with two attached hydrogens (primary N) is 1. The summed E-state index contributed by atoms with van der Waals surface area (Å²) in [6.07, 6.45) is 2.36. The summed E-state index contributed by atoms with van der Waals surface area (Å²) in [4.78, 5) is 9.14. The average molecular weight is 427 g/mol. The third-order valence-electron chi connectivity index (χ3n) is 5.08. The fraction of sp³-hybridized carbons (Fsp3) is 0.190. The van der Waals surface area contributed by atoms with Gasteiger partial charge in [-0.05, 0) is 61.2 Å². The molecule has 9 heteroatoms. The van der Waals surface area contributed by atoms with Gasteiger partial charge in [0.1, 0.15) is 17.5 Å². The highest BCUT2D eigenvalue weighted by atomic mass is 35.5. The Hall–Kier alpha value is -3.26. The van der Waals surface area contributed by atoms with Crippen LogP contribution in [0.1, 0.15) is 12.8 Å². The summed E-state index contributed by atoms with van der Waals surface area (Å²) in [5.41, 5.74) is 8.44. The number of benzene rings is 2. The molecule has 0 unspecified atom stereocenters. The maximum Gasteiger partial charge on any atom is 0.225 e. The van der Waals surface area contributed by atoms with E-state index in [0.717, 1.165) is 6.54 Å². The van der Waals surface area contributed by atoms with Crippen LogP contribution in [0.4, 0.5) is 20.5 Å². The van der Waals surface area contributed by atoms with E-state index in [2.05, 4.69) is 20.4 Å². The first-order valence-corrected chi connectivity index (χ1v) is 9.89. The molecule has 1 aliphatic rings. The number of hydrogen-bond donors (Lipinski definition) is 2. The highest BCUT2D eigenvalue weighted by molar-refractivity contribution is 6.31. The van der Waals surface area contributed by atoms with Gasteiger partial charge in [0.05, 0.1) is 21.8 Å². The van der Waals surface area contributed by atoms with Gasteiger partial charge in [-0.2, -0.15) is 4.98 Å². The fourth-order valence-electron chi connectivity index (χ4n) is 3.28. The predicted molar refractivity (Wildman–Crippen MR) is 113 cm³/mol. The molecule has 0 radical (unpaired) electrons. The minimum Gasteiger partial charge on any atom is -0.383 e. The van der Waals surface area contributed by atoms with E-state index in [0.29, 0.717) is 45.7 Å². The normalized spacial score (nSPS) is 13.7. The first-order chi connectivity index (χ1) is 14.5. The third-order valence-corrected chi connectivity index (χ3v) is 5.37. The Bertz CT molecular complexity index is 1250. The molecule has 2 heterocycles. The van der Waals surface area contributed by atoms with Crippen LogP contribution in [0, 0.1) is 17.6 Å². The molecule has 1 saturated carbocycles. The minimum absolute atomic E-state index is 0.0174. The molecule has 1 aliphatic carbocycles. The van der Waals surface area contributed by atoms with Crippen molar-refractivity contribution in [2.75, 3.05) is 17.6 Å². The Balaban J connectivity index is 1.69. The van der Waals surface area contributed by atoms with Crippen LogP contribution in [-0.4, -0.2) is 26.3 Å². The predicted octanol–water partition coefficient (Wildman–Crippen LogP) is 4.82. The summed E-state index contributed by atoms with van der Waals surface area (Å²) < 4.78 is 28.5. The Morgan fingerprint density at radius 3 is 2.57 bits per heavy atom. The first kappa shape index (κ1) is 18.7. The van der Waals surface area contributed by atoms with E-state index in [-0.39, 0.29) is 10.8 Å². The van der Waals surface area contributed by atoms with E-state index >= 15 is 0 Å². The zero-order valence-electron chi connectivity index (χ0n) is 15.7. The molecule has 2 aromatic heterocycles. The molecule has 1 fully saturated rings. The number of anilines is 2. The molecule has 5 rings (SSSR count). The number of fused-ring (bicyclic) bond motifs is 1. The Labute approximate surface area is 175 Å². The van der Waals surface area contributed by atoms with Gasteiger partial charge in [0.25, 0.3) is 0 Å². The van der Waals surface area contributed by atoms with Crippen molar-refractivity contribution in [1.82, 2.24) is 19.7 Å². The number of nitrogen functional groups attached to an aromatic ring is 1. The lowest BCUT2D eigenvalue weighted by atomic mass is 10.1. The average Bonchev–Trinajstić information content (AvgIpc) is 3.51. The second-order valence-electron chi connectivity index (χ2n) is 7.32. The molecule has 3 N–H and O–H groups in total. The molecule has 0 spiro atoms. The summed E-state index contributed by atoms with van der Waals surface area (Å²) in [5.74, 6) is 0.444. The second kappa shape index (κ2) is 7.21. The van der Waals surface area contributed by atoms with Crippen LogP contribution >= 0.6 is 11.6 Å². The molecular formula is C21H17ClF2N6. The van der Waals surface area contributed by atoms with Gasteiger partial charge in [-0.15, -0.1) is 5.10 Å². The molecule has 4 aromatic rings. The van der Waals surface area contributed by atoms with Gasteiger partial charge < -0.3 is 11.1 Å². The van der Waals surface area contributed by atoms with Crippen molar-refractivity contribution in [3.8, 4) is 16.9 Å². The van der Waals surface area contributed by atoms with E-state index in [9.17, 15) is 8.78 Å². The van der Waals surface area contributed by atoms with Crippen molar-refractivity contribution in [3.05, 3.63) is 59.1 Å². The smallest absolute Gasteiger partial charge is 0.225 e. The lowest BCUT2D eigenvalue weighted by molar-refractivity contribution is 0.627. The number of hydrogen-bond acceptors (Lipinski definition) is 5. The lowest BCUT2D eigenvalue weighted by Gasteiger charge is -2.09. The summed E-state index contributed by atoms with van der Waals surface area (Å²) >= 11 is 6.00. The van der Waals surface area contributed by atoms with Crippen LogP contribution in [0.25, 0.3) is 28.0 Å². The maximum absolute atomic E-state index is 13.7. The largest absolute Gasteiger partial charge is 0.383 e. The first-order valence-electron chi connectivity index (χ1n) is 9.51. The number of aromatic nitrogens is 4. The SMILES string of the molecule is Nc1c2c(-c3ccc(F)c(Cl)c3)nc(NCC3CC3)nc2nn1-c1ccc(F)cc1. The topological polar surface area (TPSA) is 81.7 Å². The van der Waals surface area contributed by atoms with E-state index in [4.69, 9.17) is 17.3 Å². The van der Waals surface area contributed by atoms with E-state index in [1.54, 1.807) is 18.2 Å². The number of nitrogens with one attached hydrogen (secondary N) is 1. The van der Waals surface area contributed by atoms with Gasteiger partial charge in [0, 0.05) is 12.1 Å². The van der Waals surface area contributed by atoms with Gasteiger partial charge >= 0.3 is 0 Å². The van der Waals surface area contributed by atoms with Crippen LogP contribution in [0.5, 0.6) is 0 Å². The number of halogens is 3. The highest BCUT2D eigenvalue weighted by Crippen LogP contribution is 2.35. The van der Waals surface area contributed by atoms with Crippen LogP contribution in [0.2, 0.25) is 5.02 Å². The lowest BCUT2D eigenvalue weighted by Crippen LogP contribution is -2.07. The van der Waals surface area contributed by atoms with Crippen molar-refractivity contribution >= 4 is 34.4 Å². The van der Waals surface area contributed by atoms with Gasteiger partial charge in [-0.3, -0.25) is 0 Å². The van der Waals surface area contributed by atoms with Gasteiger partial charge in [0.15, 0.2) is 5.65 Å². The molecule has 0 saturated heterocycles. The van der Waals surface area contributed by atoms with Crippen molar-refractivity contribution in [1.29, 1.82) is 0 Å². The van der Waals surface area contributed by atoms with Crippen molar-refractivity contribution in [2.45, 2.75) is 12.8 Å². The van der Waals surface area contributed by atoms with Crippen molar-refractivity contribution < 1.29 is 8.78 Å². The molecule has 6 nitrogen and oxygen atoms in total. The Morgan fingerprint density at radius 1 is 1.10 bits per heavy atom. The van der Waals surface area contributed by atoms with Gasteiger partial charge in [-0.1, -0.05) is 11.6 Å². The zero-order chi connectivity index (χ0) is 20.8. The minimum atomic E-state index is -0.521. The van der Waals surface area contributed by atoms with E-state index in [1.165, 1.54) is 41.8 Å². The molecule has 0 amide bonds. The molecule has 0 aliphatic heterocycles. The van der Waals surface area contributed by atoms with Gasteiger partial charge in [-0.25, -0.2) is 18.4 Å². The van der Waals surface area contributed by atoms with Crippen molar-refractivity contribution in [3.63, 3.8) is 0 Å². The Kier molecular flexibility index (Phi) is 4.51. The summed E-state index contributed by atoms with van der Waals surface area (Å²) in [6.45, 7) is 0.767. The Morgan fingerprint density at radius 2 is 1.87 bits per heavy atom. The second-order valence-corrected chi connectivity index (χ2v) is 7.73. The highest BCUT2D eigenvalue weighted by Gasteiger charge is 2.23. The molecule has 30 heavy (non-hydrogen) atoms. The van der Waals surface area contributed by atoms with Gasteiger partial charge in [0.2, 0.25) is 5.95 Å². The molecular weight excluding hydrogens is 410 g/mol. The standard InChI is InChI=1S/C21H17ClF2N6/c22-15-9-12(3-8-16(15)24)18-17-19(25)30(14-6-4-13(23)5-7-14)29-20(17)28-21(27-18)26-10-11-1-2-11/h3-9,11H,1-2,10,25H2,(H,26,28,29). The fourth-order valence-corrected chi connectivity index (χ4v) is 3.46. The zero-order valence-corrected chi connectivity index (χ0v) is 16.5. The molecule has 152 valence electrons.